The minimum absolute atomic E-state index is 0.774. The average Bonchev–Trinajstić information content (AvgIpc) is 2.78. The van der Waals surface area contributed by atoms with Crippen molar-refractivity contribution in [3.05, 3.63) is 47.7 Å². The molecule has 0 radical (unpaired) electrons. The fourth-order valence-corrected chi connectivity index (χ4v) is 3.53. The van der Waals surface area contributed by atoms with Crippen LogP contribution in [-0.2, 0) is 13.0 Å². The number of fused-ring (bicyclic) bond motifs is 1. The molecule has 156 valence electrons. The van der Waals surface area contributed by atoms with Gasteiger partial charge in [-0.2, -0.15) is 0 Å². The first-order chi connectivity index (χ1) is 14.2. The van der Waals surface area contributed by atoms with Crippen LogP contribution in [0.5, 0.6) is 11.5 Å². The van der Waals surface area contributed by atoms with Gasteiger partial charge in [0.15, 0.2) is 17.5 Å². The summed E-state index contributed by atoms with van der Waals surface area (Å²) in [5.41, 5.74) is 2.58. The fraction of sp³-hybridized carbons (Fsp3) is 0.455. The summed E-state index contributed by atoms with van der Waals surface area (Å²) in [6, 6.07) is 10.1. The van der Waals surface area contributed by atoms with Crippen LogP contribution >= 0.6 is 0 Å². The van der Waals surface area contributed by atoms with Gasteiger partial charge >= 0.3 is 0 Å². The van der Waals surface area contributed by atoms with E-state index >= 15 is 0 Å². The largest absolute Gasteiger partial charge is 0.493 e. The predicted molar refractivity (Wildman–Crippen MR) is 117 cm³/mol. The van der Waals surface area contributed by atoms with Crippen LogP contribution in [0.25, 0.3) is 0 Å². The molecular weight excluding hydrogens is 366 g/mol. The maximum absolute atomic E-state index is 5.46. The van der Waals surface area contributed by atoms with Crippen molar-refractivity contribution in [2.45, 2.75) is 25.8 Å². The monoisotopic (exact) mass is 397 g/mol. The van der Waals surface area contributed by atoms with Crippen LogP contribution < -0.4 is 20.1 Å². The molecule has 7 nitrogen and oxygen atoms in total. The molecule has 3 rings (SSSR count). The molecule has 1 aromatic carbocycles. The number of unbranched alkanes of at least 4 members (excludes halogenated alkanes) is 1. The molecule has 29 heavy (non-hydrogen) atoms. The van der Waals surface area contributed by atoms with Crippen LogP contribution in [-0.4, -0.2) is 56.7 Å². The van der Waals surface area contributed by atoms with Gasteiger partial charge in [0.05, 0.1) is 14.2 Å². The Kier molecular flexibility index (Phi) is 7.55. The highest BCUT2D eigenvalue weighted by Gasteiger charge is 2.21. The van der Waals surface area contributed by atoms with Gasteiger partial charge in [-0.05, 0) is 54.7 Å². The zero-order valence-corrected chi connectivity index (χ0v) is 17.6. The zero-order valence-electron chi connectivity index (χ0n) is 17.6. The number of anilines is 1. The molecule has 0 bridgehead atoms. The molecule has 0 unspecified atom stereocenters. The second-order valence-corrected chi connectivity index (χ2v) is 6.97. The van der Waals surface area contributed by atoms with E-state index in [9.17, 15) is 0 Å². The number of methoxy groups -OCH3 is 2. The Hall–Kier alpha value is -2.96. The Labute approximate surface area is 173 Å². The lowest BCUT2D eigenvalue weighted by Gasteiger charge is -2.32. The number of hydrogen-bond acceptors (Lipinski definition) is 5. The third-order valence-corrected chi connectivity index (χ3v) is 5.09. The van der Waals surface area contributed by atoms with Gasteiger partial charge in [-0.15, -0.1) is 0 Å². The topological polar surface area (TPSA) is 71.0 Å². The van der Waals surface area contributed by atoms with Crippen molar-refractivity contribution >= 4 is 11.8 Å². The summed E-state index contributed by atoms with van der Waals surface area (Å²) in [5, 5.41) is 6.84. The smallest absolute Gasteiger partial charge is 0.193 e. The second-order valence-electron chi connectivity index (χ2n) is 6.97. The minimum atomic E-state index is 0.774. The first kappa shape index (κ1) is 20.8. The third-order valence-electron chi connectivity index (χ3n) is 5.09. The number of pyridine rings is 1. The highest BCUT2D eigenvalue weighted by atomic mass is 16.5. The van der Waals surface area contributed by atoms with Crippen molar-refractivity contribution < 1.29 is 9.47 Å². The van der Waals surface area contributed by atoms with Crippen LogP contribution in [0.2, 0.25) is 0 Å². The van der Waals surface area contributed by atoms with E-state index < -0.39 is 0 Å². The molecule has 1 aromatic heterocycles. The number of rotatable bonds is 8. The molecule has 0 atom stereocenters. The Morgan fingerprint density at radius 2 is 1.86 bits per heavy atom. The Morgan fingerprint density at radius 1 is 1.10 bits per heavy atom. The van der Waals surface area contributed by atoms with Crippen molar-refractivity contribution in [3.63, 3.8) is 0 Å². The van der Waals surface area contributed by atoms with Crippen LogP contribution in [0, 0.1) is 0 Å². The molecule has 2 aromatic rings. The molecule has 0 saturated carbocycles. The Bertz CT molecular complexity index is 810. The fourth-order valence-electron chi connectivity index (χ4n) is 3.53. The maximum atomic E-state index is 5.46. The first-order valence-corrected chi connectivity index (χ1v) is 10.1. The predicted octanol–water partition coefficient (Wildman–Crippen LogP) is 2.92. The molecule has 2 heterocycles. The van der Waals surface area contributed by atoms with Crippen molar-refractivity contribution in [1.82, 2.24) is 15.2 Å². The van der Waals surface area contributed by atoms with E-state index in [0.29, 0.717) is 0 Å². The lowest BCUT2D eigenvalue weighted by atomic mass is 9.99. The number of ether oxygens (including phenoxy) is 2. The molecule has 2 N–H and O–H groups in total. The Balaban J connectivity index is 1.46. The summed E-state index contributed by atoms with van der Waals surface area (Å²) in [5.74, 6) is 3.44. The van der Waals surface area contributed by atoms with Crippen LogP contribution in [0.15, 0.2) is 41.5 Å². The number of benzene rings is 1. The first-order valence-electron chi connectivity index (χ1n) is 10.1. The lowest BCUT2D eigenvalue weighted by Crippen LogP contribution is -2.44. The van der Waals surface area contributed by atoms with Gasteiger partial charge in [-0.1, -0.05) is 6.07 Å². The average molecular weight is 398 g/mol. The van der Waals surface area contributed by atoms with Crippen molar-refractivity contribution in [2.24, 2.45) is 4.99 Å². The molecular formula is C22H31N5O2. The zero-order chi connectivity index (χ0) is 20.5. The number of nitrogens with one attached hydrogen (secondary N) is 2. The SMILES string of the molecule is CN=C(NCCCCNc1ccccn1)N1CCc2cc(OC)c(OC)cc2C1. The number of hydrogen-bond donors (Lipinski definition) is 2. The van der Waals surface area contributed by atoms with E-state index in [-0.39, 0.29) is 0 Å². The molecule has 0 amide bonds. The molecule has 0 saturated heterocycles. The van der Waals surface area contributed by atoms with Gasteiger partial charge in [0.2, 0.25) is 0 Å². The van der Waals surface area contributed by atoms with Gasteiger partial charge < -0.3 is 25.0 Å². The van der Waals surface area contributed by atoms with Crippen molar-refractivity contribution in [3.8, 4) is 11.5 Å². The minimum Gasteiger partial charge on any atom is -0.493 e. The summed E-state index contributed by atoms with van der Waals surface area (Å²) < 4.78 is 10.9. The summed E-state index contributed by atoms with van der Waals surface area (Å²) in [7, 11) is 5.19. The van der Waals surface area contributed by atoms with Crippen molar-refractivity contribution in [2.75, 3.05) is 46.2 Å². The number of aliphatic imine (C=N–C) groups is 1. The van der Waals surface area contributed by atoms with Gasteiger partial charge in [-0.25, -0.2) is 4.98 Å². The quantitative estimate of drug-likeness (QED) is 0.405. The lowest BCUT2D eigenvalue weighted by molar-refractivity contribution is 0.346. The molecule has 0 spiro atoms. The summed E-state index contributed by atoms with van der Waals surface area (Å²) in [4.78, 5) is 11.0. The highest BCUT2D eigenvalue weighted by molar-refractivity contribution is 5.80. The van der Waals surface area contributed by atoms with E-state index in [0.717, 1.165) is 68.7 Å². The van der Waals surface area contributed by atoms with Gasteiger partial charge in [0.1, 0.15) is 5.82 Å². The highest BCUT2D eigenvalue weighted by Crippen LogP contribution is 2.33. The Morgan fingerprint density at radius 3 is 2.55 bits per heavy atom. The number of nitrogens with zero attached hydrogens (tertiary/aromatic N) is 3. The maximum Gasteiger partial charge on any atom is 0.193 e. The van der Waals surface area contributed by atoms with Gasteiger partial charge in [0.25, 0.3) is 0 Å². The van der Waals surface area contributed by atoms with E-state index in [4.69, 9.17) is 9.47 Å². The van der Waals surface area contributed by atoms with E-state index in [2.05, 4.69) is 37.6 Å². The van der Waals surface area contributed by atoms with Crippen LogP contribution in [0.4, 0.5) is 5.82 Å². The molecule has 1 aliphatic rings. The molecule has 0 fully saturated rings. The van der Waals surface area contributed by atoms with Crippen LogP contribution in [0.1, 0.15) is 24.0 Å². The second kappa shape index (κ2) is 10.5. The van der Waals surface area contributed by atoms with Crippen LogP contribution in [0.3, 0.4) is 0 Å². The number of aromatic nitrogens is 1. The van der Waals surface area contributed by atoms with Gasteiger partial charge in [0, 0.05) is 39.4 Å². The summed E-state index contributed by atoms with van der Waals surface area (Å²) in [6.45, 7) is 3.56. The molecule has 1 aliphatic heterocycles. The third kappa shape index (κ3) is 5.53. The van der Waals surface area contributed by atoms with E-state index in [1.807, 2.05) is 25.2 Å². The standard InChI is InChI=1S/C22H31N5O2/c1-23-22(26-12-7-6-11-25-21-8-4-5-10-24-21)27-13-9-17-14-19(28-2)20(29-3)15-18(17)16-27/h4-5,8,10,14-15H,6-7,9,11-13,16H2,1-3H3,(H,23,26)(H,24,25). The summed E-state index contributed by atoms with van der Waals surface area (Å²) >= 11 is 0. The van der Waals surface area contributed by atoms with Crippen molar-refractivity contribution in [1.29, 1.82) is 0 Å². The normalized spacial score (nSPS) is 13.6. The molecule has 0 aliphatic carbocycles. The van der Waals surface area contributed by atoms with Gasteiger partial charge in [-0.3, -0.25) is 4.99 Å². The summed E-state index contributed by atoms with van der Waals surface area (Å²) in [6.07, 6.45) is 4.90. The molecule has 7 heteroatoms. The van der Waals surface area contributed by atoms with E-state index in [1.54, 1.807) is 20.4 Å². The van der Waals surface area contributed by atoms with E-state index in [1.165, 1.54) is 11.1 Å². The number of guanidine groups is 1.